The molecule has 3 aromatic rings. The third kappa shape index (κ3) is 2.32. The van der Waals surface area contributed by atoms with E-state index in [1.165, 1.54) is 11.3 Å². The first-order chi connectivity index (χ1) is 9.67. The van der Waals surface area contributed by atoms with Crippen molar-refractivity contribution >= 4 is 22.2 Å². The van der Waals surface area contributed by atoms with Crippen molar-refractivity contribution in [3.05, 3.63) is 51.2 Å². The first-order valence-electron chi connectivity index (χ1n) is 6.33. The van der Waals surface area contributed by atoms with Gasteiger partial charge in [0.15, 0.2) is 5.06 Å². The molecule has 0 spiro atoms. The summed E-state index contributed by atoms with van der Waals surface area (Å²) >= 11 is 1.44. The Morgan fingerprint density at radius 2 is 2.25 bits per heavy atom. The Labute approximate surface area is 119 Å². The van der Waals surface area contributed by atoms with Crippen molar-refractivity contribution in [1.82, 2.24) is 4.98 Å². The summed E-state index contributed by atoms with van der Waals surface area (Å²) in [6, 6.07) is 7.45. The van der Waals surface area contributed by atoms with Crippen LogP contribution in [0, 0.1) is 6.92 Å². The third-order valence-electron chi connectivity index (χ3n) is 3.00. The Bertz CT molecular complexity index is 819. The van der Waals surface area contributed by atoms with Crippen LogP contribution in [0.3, 0.4) is 0 Å². The third-order valence-corrected chi connectivity index (χ3v) is 3.92. The fraction of sp³-hybridized carbons (Fsp3) is 0.200. The molecule has 0 atom stereocenters. The maximum Gasteiger partial charge on any atom is 0.403 e. The predicted octanol–water partition coefficient (Wildman–Crippen LogP) is 3.91. The highest BCUT2D eigenvalue weighted by Gasteiger charge is 2.11. The highest BCUT2D eigenvalue weighted by atomic mass is 32.1. The summed E-state index contributed by atoms with van der Waals surface area (Å²) in [6.07, 6.45) is 0.742. The molecule has 102 valence electrons. The van der Waals surface area contributed by atoms with Crippen molar-refractivity contribution in [3.8, 4) is 11.1 Å². The Morgan fingerprint density at radius 1 is 1.40 bits per heavy atom. The second kappa shape index (κ2) is 5.09. The molecular weight excluding hydrogens is 274 g/mol. The highest BCUT2D eigenvalue weighted by Crippen LogP contribution is 2.27. The molecule has 5 heteroatoms. The zero-order valence-corrected chi connectivity index (χ0v) is 12.0. The molecular formula is C15H13NO3S. The monoisotopic (exact) mass is 287 g/mol. The molecule has 0 saturated heterocycles. The Balaban J connectivity index is 2.08. The van der Waals surface area contributed by atoms with Gasteiger partial charge in [0.1, 0.15) is 0 Å². The van der Waals surface area contributed by atoms with E-state index < -0.39 is 5.63 Å². The van der Waals surface area contributed by atoms with E-state index in [-0.39, 0.29) is 6.08 Å². The number of hydrogen-bond donors (Lipinski definition) is 0. The van der Waals surface area contributed by atoms with Crippen LogP contribution < -0.4 is 10.4 Å². The van der Waals surface area contributed by atoms with Crippen molar-refractivity contribution in [2.24, 2.45) is 0 Å². The van der Waals surface area contributed by atoms with Gasteiger partial charge in [-0.05, 0) is 42.0 Å². The van der Waals surface area contributed by atoms with Crippen molar-refractivity contribution < 1.29 is 9.15 Å². The van der Waals surface area contributed by atoms with Gasteiger partial charge in [-0.3, -0.25) is 0 Å². The van der Waals surface area contributed by atoms with Gasteiger partial charge in [-0.1, -0.05) is 19.1 Å². The summed E-state index contributed by atoms with van der Waals surface area (Å²) in [5.74, 6) is 0. The van der Waals surface area contributed by atoms with E-state index in [9.17, 15) is 4.79 Å². The molecule has 3 rings (SSSR count). The Kier molecular flexibility index (Phi) is 3.28. The number of aromatic nitrogens is 1. The fourth-order valence-electron chi connectivity index (χ4n) is 2.05. The Morgan fingerprint density at radius 3 is 2.95 bits per heavy atom. The van der Waals surface area contributed by atoms with Crippen LogP contribution in [0.15, 0.2) is 38.9 Å². The van der Waals surface area contributed by atoms with Crippen LogP contribution in [0.1, 0.15) is 18.1 Å². The number of rotatable bonds is 3. The topological polar surface area (TPSA) is 52.3 Å². The van der Waals surface area contributed by atoms with Gasteiger partial charge in [-0.25, -0.2) is 4.79 Å². The largest absolute Gasteiger partial charge is 0.403 e. The van der Waals surface area contributed by atoms with E-state index >= 15 is 0 Å². The van der Waals surface area contributed by atoms with Gasteiger partial charge in [-0.15, -0.1) is 11.3 Å². The number of fused-ring (bicyclic) bond motifs is 1. The molecule has 0 aliphatic carbocycles. The van der Waals surface area contributed by atoms with Crippen LogP contribution in [0.4, 0.5) is 0 Å². The van der Waals surface area contributed by atoms with Crippen LogP contribution in [-0.2, 0) is 6.42 Å². The minimum absolute atomic E-state index is 0.0161. The van der Waals surface area contributed by atoms with Gasteiger partial charge in [0, 0.05) is 0 Å². The fourth-order valence-corrected chi connectivity index (χ4v) is 2.79. The Hall–Kier alpha value is -2.14. The summed E-state index contributed by atoms with van der Waals surface area (Å²) < 4.78 is 10.7. The van der Waals surface area contributed by atoms with Gasteiger partial charge < -0.3 is 9.15 Å². The summed E-state index contributed by atoms with van der Waals surface area (Å²) in [5, 5.41) is 3.15. The number of benzene rings is 1. The maximum atomic E-state index is 12.1. The molecule has 0 radical (unpaired) electrons. The zero-order valence-electron chi connectivity index (χ0n) is 11.2. The molecule has 0 bridgehead atoms. The van der Waals surface area contributed by atoms with Crippen LogP contribution in [0.25, 0.3) is 10.9 Å². The predicted molar refractivity (Wildman–Crippen MR) is 78.8 cm³/mol. The minimum atomic E-state index is -0.407. The number of hydrogen-bond acceptors (Lipinski definition) is 5. The van der Waals surface area contributed by atoms with Crippen molar-refractivity contribution in [2.45, 2.75) is 20.3 Å². The van der Waals surface area contributed by atoms with E-state index in [0.29, 0.717) is 16.0 Å². The van der Waals surface area contributed by atoms with E-state index in [4.69, 9.17) is 9.15 Å². The van der Waals surface area contributed by atoms with Gasteiger partial charge in [0.05, 0.1) is 10.9 Å². The van der Waals surface area contributed by atoms with E-state index in [2.05, 4.69) is 4.98 Å². The molecule has 0 fully saturated rings. The van der Waals surface area contributed by atoms with Crippen LogP contribution >= 0.6 is 11.3 Å². The number of aryl methyl sites for hydroxylation is 2. The molecule has 20 heavy (non-hydrogen) atoms. The average Bonchev–Trinajstić information content (AvgIpc) is 2.83. The molecule has 4 nitrogen and oxygen atoms in total. The second-order valence-corrected chi connectivity index (χ2v) is 5.35. The quantitative estimate of drug-likeness (QED) is 0.732. The molecule has 0 N–H and O–H groups in total. The smallest absolute Gasteiger partial charge is 0.400 e. The van der Waals surface area contributed by atoms with E-state index in [1.54, 1.807) is 6.07 Å². The normalized spacial score (nSPS) is 10.9. The standard InChI is InChI=1S/C15H13NO3S/c1-3-10-5-4-6-11-13(10)14(17)19-15(16-11)18-12-7-9(2)8-20-12/h4-8H,3H2,1-2H3. The van der Waals surface area contributed by atoms with Gasteiger partial charge in [0.2, 0.25) is 0 Å². The molecule has 0 amide bonds. The lowest BCUT2D eigenvalue weighted by Gasteiger charge is -2.04. The van der Waals surface area contributed by atoms with Crippen molar-refractivity contribution in [2.75, 3.05) is 0 Å². The zero-order chi connectivity index (χ0) is 14.1. The molecule has 0 saturated carbocycles. The highest BCUT2D eigenvalue weighted by molar-refractivity contribution is 7.12. The van der Waals surface area contributed by atoms with Crippen molar-refractivity contribution in [1.29, 1.82) is 0 Å². The first kappa shape index (κ1) is 12.9. The van der Waals surface area contributed by atoms with Gasteiger partial charge in [-0.2, -0.15) is 4.98 Å². The maximum absolute atomic E-state index is 12.1. The van der Waals surface area contributed by atoms with Crippen LogP contribution in [0.2, 0.25) is 0 Å². The van der Waals surface area contributed by atoms with E-state index in [0.717, 1.165) is 17.5 Å². The van der Waals surface area contributed by atoms with Gasteiger partial charge >= 0.3 is 11.7 Å². The number of thiophene rings is 1. The summed E-state index contributed by atoms with van der Waals surface area (Å²) in [4.78, 5) is 16.4. The molecule has 1 aromatic carbocycles. The molecule has 0 aliphatic rings. The summed E-state index contributed by atoms with van der Waals surface area (Å²) in [5.41, 5.74) is 2.23. The lowest BCUT2D eigenvalue weighted by atomic mass is 10.1. The van der Waals surface area contributed by atoms with Crippen LogP contribution in [0.5, 0.6) is 11.1 Å². The molecule has 0 unspecified atom stereocenters. The first-order valence-corrected chi connectivity index (χ1v) is 7.21. The van der Waals surface area contributed by atoms with E-state index in [1.807, 2.05) is 37.4 Å². The minimum Gasteiger partial charge on any atom is -0.400 e. The lowest BCUT2D eigenvalue weighted by Crippen LogP contribution is -2.05. The molecule has 0 aliphatic heterocycles. The second-order valence-electron chi connectivity index (χ2n) is 4.48. The number of nitrogens with zero attached hydrogens (tertiary/aromatic N) is 1. The number of ether oxygens (including phenoxy) is 1. The summed E-state index contributed by atoms with van der Waals surface area (Å²) in [6.45, 7) is 3.97. The molecule has 2 heterocycles. The molecule has 2 aromatic heterocycles. The average molecular weight is 287 g/mol. The SMILES string of the molecule is CCc1cccc2nc(Oc3cc(C)cs3)oc(=O)c12. The summed E-state index contributed by atoms with van der Waals surface area (Å²) in [7, 11) is 0. The lowest BCUT2D eigenvalue weighted by molar-refractivity contribution is 0.312. The van der Waals surface area contributed by atoms with Crippen LogP contribution in [-0.4, -0.2) is 4.98 Å². The van der Waals surface area contributed by atoms with Crippen molar-refractivity contribution in [3.63, 3.8) is 0 Å². The van der Waals surface area contributed by atoms with Gasteiger partial charge in [0.25, 0.3) is 0 Å².